The number of nitrogens with zero attached hydrogens (tertiary/aromatic N) is 1. The molecule has 17 heavy (non-hydrogen) atoms. The monoisotopic (exact) mass is 380 g/mol. The average Bonchev–Trinajstić information content (AvgIpc) is 3.08. The van der Waals surface area contributed by atoms with Gasteiger partial charge in [-0.1, -0.05) is 6.92 Å². The van der Waals surface area contributed by atoms with Crippen LogP contribution in [0, 0.1) is 0 Å². The zero-order chi connectivity index (χ0) is 12.3. The highest BCUT2D eigenvalue weighted by molar-refractivity contribution is 9.13. The van der Waals surface area contributed by atoms with Crippen molar-refractivity contribution in [1.29, 1.82) is 0 Å². The van der Waals surface area contributed by atoms with Crippen molar-refractivity contribution in [2.45, 2.75) is 32.4 Å². The first kappa shape index (κ1) is 14.0. The Bertz CT molecular complexity index is 344. The van der Waals surface area contributed by atoms with Crippen molar-refractivity contribution in [2.75, 3.05) is 19.6 Å². The van der Waals surface area contributed by atoms with Gasteiger partial charge in [-0.2, -0.15) is 0 Å². The van der Waals surface area contributed by atoms with E-state index in [1.807, 2.05) is 0 Å². The lowest BCUT2D eigenvalue weighted by Gasteiger charge is -2.19. The molecule has 0 bridgehead atoms. The molecular weight excluding hydrogens is 364 g/mol. The molecule has 1 saturated carbocycles. The first-order chi connectivity index (χ1) is 8.20. The van der Waals surface area contributed by atoms with Crippen LogP contribution in [0.1, 0.15) is 24.6 Å². The number of nitrogens with one attached hydrogen (secondary N) is 1. The summed E-state index contributed by atoms with van der Waals surface area (Å²) in [6.07, 6.45) is 2.80. The molecule has 0 atom stereocenters. The molecule has 1 aromatic heterocycles. The first-order valence-corrected chi connectivity index (χ1v) is 8.49. The van der Waals surface area contributed by atoms with Gasteiger partial charge in [-0.05, 0) is 57.3 Å². The summed E-state index contributed by atoms with van der Waals surface area (Å²) in [7, 11) is 0. The van der Waals surface area contributed by atoms with E-state index in [1.54, 1.807) is 11.3 Å². The number of likely N-dealkylation sites (N-methyl/N-ethyl adjacent to an activating group) is 1. The highest BCUT2D eigenvalue weighted by atomic mass is 79.9. The van der Waals surface area contributed by atoms with E-state index >= 15 is 0 Å². The summed E-state index contributed by atoms with van der Waals surface area (Å²) in [6, 6.07) is 3.06. The number of halogens is 2. The van der Waals surface area contributed by atoms with Gasteiger partial charge in [0.05, 0.1) is 3.79 Å². The molecule has 96 valence electrons. The number of rotatable bonds is 7. The van der Waals surface area contributed by atoms with Crippen molar-refractivity contribution in [3.63, 3.8) is 0 Å². The van der Waals surface area contributed by atoms with Crippen molar-refractivity contribution in [3.05, 3.63) is 19.2 Å². The van der Waals surface area contributed by atoms with Crippen molar-refractivity contribution in [3.8, 4) is 0 Å². The molecule has 5 heteroatoms. The lowest BCUT2D eigenvalue weighted by Crippen LogP contribution is -2.33. The largest absolute Gasteiger partial charge is 0.311 e. The van der Waals surface area contributed by atoms with E-state index in [4.69, 9.17) is 0 Å². The quantitative estimate of drug-likeness (QED) is 0.721. The summed E-state index contributed by atoms with van der Waals surface area (Å²) >= 11 is 8.83. The van der Waals surface area contributed by atoms with Gasteiger partial charge in [-0.3, -0.25) is 4.90 Å². The molecule has 0 spiro atoms. The van der Waals surface area contributed by atoms with Crippen LogP contribution in [0.2, 0.25) is 0 Å². The number of hydrogen-bond acceptors (Lipinski definition) is 3. The maximum absolute atomic E-state index is 3.52. The Kier molecular flexibility index (Phi) is 5.49. The molecule has 0 saturated heterocycles. The molecule has 0 unspecified atom stereocenters. The molecule has 1 aliphatic carbocycles. The zero-order valence-corrected chi connectivity index (χ0v) is 14.0. The second kappa shape index (κ2) is 6.66. The van der Waals surface area contributed by atoms with E-state index in [-0.39, 0.29) is 0 Å². The Morgan fingerprint density at radius 1 is 1.47 bits per heavy atom. The predicted octanol–water partition coefficient (Wildman–Crippen LogP) is 3.85. The second-order valence-corrected chi connectivity index (χ2v) is 7.68. The van der Waals surface area contributed by atoms with Crippen molar-refractivity contribution >= 4 is 43.2 Å². The summed E-state index contributed by atoms with van der Waals surface area (Å²) in [4.78, 5) is 3.95. The van der Waals surface area contributed by atoms with E-state index in [1.165, 1.54) is 34.6 Å². The Morgan fingerprint density at radius 2 is 2.24 bits per heavy atom. The molecular formula is C12H18Br2N2S. The van der Waals surface area contributed by atoms with E-state index in [9.17, 15) is 0 Å². The highest BCUT2D eigenvalue weighted by Crippen LogP contribution is 2.32. The Labute approximate surface area is 124 Å². The lowest BCUT2D eigenvalue weighted by molar-refractivity contribution is 0.277. The molecule has 1 aliphatic rings. The topological polar surface area (TPSA) is 15.3 Å². The van der Waals surface area contributed by atoms with Crippen LogP contribution in [0.4, 0.5) is 0 Å². The summed E-state index contributed by atoms with van der Waals surface area (Å²) in [5, 5.41) is 3.52. The maximum atomic E-state index is 3.52. The minimum atomic E-state index is 0.881. The van der Waals surface area contributed by atoms with Crippen LogP contribution in [0.15, 0.2) is 14.3 Å². The van der Waals surface area contributed by atoms with Crippen LogP contribution >= 0.6 is 43.2 Å². The van der Waals surface area contributed by atoms with Crippen LogP contribution in [0.25, 0.3) is 0 Å². The summed E-state index contributed by atoms with van der Waals surface area (Å²) < 4.78 is 2.34. The van der Waals surface area contributed by atoms with Crippen LogP contribution < -0.4 is 5.32 Å². The molecule has 1 fully saturated rings. The van der Waals surface area contributed by atoms with Crippen molar-refractivity contribution < 1.29 is 0 Å². The summed E-state index contributed by atoms with van der Waals surface area (Å²) in [6.45, 7) is 6.66. The molecule has 1 aromatic rings. The number of hydrogen-bond donors (Lipinski definition) is 1. The zero-order valence-electron chi connectivity index (χ0n) is 10.0. The van der Waals surface area contributed by atoms with Gasteiger partial charge < -0.3 is 5.32 Å². The third kappa shape index (κ3) is 4.31. The van der Waals surface area contributed by atoms with Crippen LogP contribution in [-0.4, -0.2) is 30.6 Å². The first-order valence-electron chi connectivity index (χ1n) is 6.09. The smallest absolute Gasteiger partial charge is 0.0843 e. The maximum Gasteiger partial charge on any atom is 0.0843 e. The van der Waals surface area contributed by atoms with E-state index in [0.29, 0.717) is 0 Å². The summed E-state index contributed by atoms with van der Waals surface area (Å²) in [5.41, 5.74) is 0. The second-order valence-electron chi connectivity index (χ2n) is 4.37. The predicted molar refractivity (Wildman–Crippen MR) is 81.7 cm³/mol. The number of thiophene rings is 1. The fourth-order valence-electron chi connectivity index (χ4n) is 1.95. The molecule has 0 radical (unpaired) electrons. The normalized spacial score (nSPS) is 15.8. The van der Waals surface area contributed by atoms with Crippen molar-refractivity contribution in [1.82, 2.24) is 10.2 Å². The fourth-order valence-corrected chi connectivity index (χ4v) is 4.10. The van der Waals surface area contributed by atoms with Gasteiger partial charge in [-0.25, -0.2) is 0 Å². The molecule has 2 rings (SSSR count). The Hall–Kier alpha value is 0.580. The fraction of sp³-hybridized carbons (Fsp3) is 0.667. The van der Waals surface area contributed by atoms with Gasteiger partial charge in [0.1, 0.15) is 0 Å². The van der Waals surface area contributed by atoms with E-state index < -0.39 is 0 Å². The van der Waals surface area contributed by atoms with Gasteiger partial charge >= 0.3 is 0 Å². The third-order valence-corrected chi connectivity index (χ3v) is 6.30. The molecule has 0 aliphatic heterocycles. The van der Waals surface area contributed by atoms with Gasteiger partial charge in [-0.15, -0.1) is 11.3 Å². The molecule has 0 amide bonds. The molecule has 0 aromatic carbocycles. The van der Waals surface area contributed by atoms with Crippen molar-refractivity contribution in [2.24, 2.45) is 0 Å². The average molecular weight is 382 g/mol. The lowest BCUT2D eigenvalue weighted by atomic mass is 10.4. The Balaban J connectivity index is 1.65. The van der Waals surface area contributed by atoms with Gasteiger partial charge in [0.25, 0.3) is 0 Å². The SMILES string of the molecule is CCN(CCNCc1cc(Br)c(Br)s1)C1CC1. The van der Waals surface area contributed by atoms with Crippen LogP contribution in [0.3, 0.4) is 0 Å². The standard InChI is InChI=1S/C12H18Br2N2S/c1-2-16(9-3-4-9)6-5-15-8-10-7-11(13)12(14)17-10/h7,9,15H,2-6,8H2,1H3. The van der Waals surface area contributed by atoms with Gasteiger partial charge in [0, 0.05) is 35.0 Å². The molecule has 2 nitrogen and oxygen atoms in total. The van der Waals surface area contributed by atoms with Crippen LogP contribution in [0.5, 0.6) is 0 Å². The summed E-state index contributed by atoms with van der Waals surface area (Å²) in [5.74, 6) is 0. The Morgan fingerprint density at radius 3 is 2.76 bits per heavy atom. The highest BCUT2D eigenvalue weighted by Gasteiger charge is 2.26. The molecule has 1 N–H and O–H groups in total. The van der Waals surface area contributed by atoms with E-state index in [0.717, 1.165) is 23.6 Å². The minimum absolute atomic E-state index is 0.881. The third-order valence-electron chi connectivity index (χ3n) is 3.04. The van der Waals surface area contributed by atoms with Gasteiger partial charge in [0.2, 0.25) is 0 Å². The van der Waals surface area contributed by atoms with Crippen LogP contribution in [-0.2, 0) is 6.54 Å². The van der Waals surface area contributed by atoms with Gasteiger partial charge in [0.15, 0.2) is 0 Å². The minimum Gasteiger partial charge on any atom is -0.311 e. The molecule has 1 heterocycles. The van der Waals surface area contributed by atoms with E-state index in [2.05, 4.69) is 55.1 Å².